The lowest BCUT2D eigenvalue weighted by atomic mass is 10.1. The van der Waals surface area contributed by atoms with Gasteiger partial charge in [-0.2, -0.15) is 5.10 Å². The number of rotatable bonds is 5. The first-order valence-corrected chi connectivity index (χ1v) is 6.93. The Kier molecular flexibility index (Phi) is 4.39. The van der Waals surface area contributed by atoms with E-state index in [1.165, 1.54) is 5.56 Å². The fraction of sp³-hybridized carbons (Fsp3) is 0.333. The number of aryl methyl sites for hydroxylation is 2. The average Bonchev–Trinajstić information content (AvgIpc) is 2.75. The van der Waals surface area contributed by atoms with Crippen molar-refractivity contribution >= 4 is 12.2 Å². The van der Waals surface area contributed by atoms with Gasteiger partial charge in [0.05, 0.1) is 0 Å². The average molecular weight is 289 g/mol. The SMILES string of the molecule is C=CCn1c([C@@H](C)Oc2ccc(C)cc2C)n[nH]c1=S. The molecular formula is C15H19N3OS. The van der Waals surface area contributed by atoms with Crippen molar-refractivity contribution in [1.29, 1.82) is 0 Å². The maximum absolute atomic E-state index is 6.00. The van der Waals surface area contributed by atoms with Crippen LogP contribution in [0.5, 0.6) is 5.75 Å². The molecule has 0 saturated carbocycles. The highest BCUT2D eigenvalue weighted by atomic mass is 32.1. The third-order valence-corrected chi connectivity index (χ3v) is 3.41. The van der Waals surface area contributed by atoms with E-state index in [0.717, 1.165) is 17.1 Å². The van der Waals surface area contributed by atoms with Crippen LogP contribution in [-0.4, -0.2) is 14.8 Å². The molecule has 0 fully saturated rings. The zero-order chi connectivity index (χ0) is 14.7. The number of benzene rings is 1. The summed E-state index contributed by atoms with van der Waals surface area (Å²) in [5, 5.41) is 7.05. The van der Waals surface area contributed by atoms with Crippen LogP contribution in [0.15, 0.2) is 30.9 Å². The molecule has 0 aliphatic rings. The molecule has 106 valence electrons. The molecule has 4 nitrogen and oxygen atoms in total. The van der Waals surface area contributed by atoms with Crippen LogP contribution in [0.1, 0.15) is 30.0 Å². The molecule has 0 saturated heterocycles. The number of nitrogens with one attached hydrogen (secondary N) is 1. The molecule has 0 bridgehead atoms. The highest BCUT2D eigenvalue weighted by molar-refractivity contribution is 7.71. The second-order valence-corrected chi connectivity index (χ2v) is 5.20. The summed E-state index contributed by atoms with van der Waals surface area (Å²) < 4.78 is 8.47. The molecule has 0 unspecified atom stereocenters. The Morgan fingerprint density at radius 3 is 2.90 bits per heavy atom. The molecule has 0 amide bonds. The zero-order valence-corrected chi connectivity index (χ0v) is 12.8. The second kappa shape index (κ2) is 6.05. The Hall–Kier alpha value is -1.88. The summed E-state index contributed by atoms with van der Waals surface area (Å²) in [5.41, 5.74) is 2.33. The lowest BCUT2D eigenvalue weighted by molar-refractivity contribution is 0.210. The Balaban J connectivity index is 2.26. The molecule has 1 N–H and O–H groups in total. The van der Waals surface area contributed by atoms with E-state index >= 15 is 0 Å². The predicted molar refractivity (Wildman–Crippen MR) is 82.6 cm³/mol. The number of nitrogens with zero attached hydrogens (tertiary/aromatic N) is 2. The molecular weight excluding hydrogens is 270 g/mol. The van der Waals surface area contributed by atoms with Crippen molar-refractivity contribution in [3.63, 3.8) is 0 Å². The molecule has 1 aromatic heterocycles. The Morgan fingerprint density at radius 1 is 1.50 bits per heavy atom. The number of ether oxygens (including phenoxy) is 1. The van der Waals surface area contributed by atoms with Gasteiger partial charge in [-0.15, -0.1) is 6.58 Å². The molecule has 1 atom stereocenters. The summed E-state index contributed by atoms with van der Waals surface area (Å²) in [6.07, 6.45) is 1.60. The topological polar surface area (TPSA) is 42.8 Å². The van der Waals surface area contributed by atoms with Crippen LogP contribution in [0, 0.1) is 18.6 Å². The summed E-state index contributed by atoms with van der Waals surface area (Å²) in [7, 11) is 0. The van der Waals surface area contributed by atoms with Gasteiger partial charge in [0, 0.05) is 6.54 Å². The van der Waals surface area contributed by atoms with E-state index < -0.39 is 0 Å². The van der Waals surface area contributed by atoms with Crippen molar-refractivity contribution in [1.82, 2.24) is 14.8 Å². The van der Waals surface area contributed by atoms with Crippen LogP contribution in [0.3, 0.4) is 0 Å². The first-order chi connectivity index (χ1) is 9.52. The molecule has 0 radical (unpaired) electrons. The van der Waals surface area contributed by atoms with Crippen molar-refractivity contribution in [2.45, 2.75) is 33.4 Å². The van der Waals surface area contributed by atoms with E-state index in [4.69, 9.17) is 17.0 Å². The summed E-state index contributed by atoms with van der Waals surface area (Å²) in [6.45, 7) is 10.4. The largest absolute Gasteiger partial charge is 0.482 e. The first kappa shape index (κ1) is 14.5. The normalized spacial score (nSPS) is 12.2. The number of aromatic amines is 1. The highest BCUT2D eigenvalue weighted by Crippen LogP contribution is 2.24. The van der Waals surface area contributed by atoms with Gasteiger partial charge in [-0.1, -0.05) is 23.8 Å². The van der Waals surface area contributed by atoms with Crippen molar-refractivity contribution < 1.29 is 4.74 Å². The summed E-state index contributed by atoms with van der Waals surface area (Å²) in [4.78, 5) is 0. The number of aromatic nitrogens is 3. The number of allylic oxidation sites excluding steroid dienone is 1. The first-order valence-electron chi connectivity index (χ1n) is 6.53. The standard InChI is InChI=1S/C15H19N3OS/c1-5-8-18-14(16-17-15(18)20)12(4)19-13-7-6-10(2)9-11(13)3/h5-7,9,12H,1,8H2,2-4H3,(H,17,20)/t12-/m1/s1. The Morgan fingerprint density at radius 2 is 2.25 bits per heavy atom. The van der Waals surface area contributed by atoms with Crippen LogP contribution in [0.25, 0.3) is 0 Å². The summed E-state index contributed by atoms with van der Waals surface area (Å²) in [5.74, 6) is 1.64. The maximum atomic E-state index is 6.00. The molecule has 1 heterocycles. The molecule has 5 heteroatoms. The maximum Gasteiger partial charge on any atom is 0.195 e. The van der Waals surface area contributed by atoms with E-state index in [2.05, 4.69) is 29.8 Å². The fourth-order valence-electron chi connectivity index (χ4n) is 2.12. The monoisotopic (exact) mass is 289 g/mol. The molecule has 0 spiro atoms. The van der Waals surface area contributed by atoms with Gasteiger partial charge in [0.25, 0.3) is 0 Å². The number of hydrogen-bond acceptors (Lipinski definition) is 3. The van der Waals surface area contributed by atoms with Gasteiger partial charge < -0.3 is 4.74 Å². The van der Waals surface area contributed by atoms with Crippen LogP contribution in [0.2, 0.25) is 0 Å². The minimum absolute atomic E-state index is 0.190. The number of hydrogen-bond donors (Lipinski definition) is 1. The van der Waals surface area contributed by atoms with E-state index in [-0.39, 0.29) is 6.10 Å². The van der Waals surface area contributed by atoms with Crippen molar-refractivity contribution in [2.75, 3.05) is 0 Å². The molecule has 2 aromatic rings. The minimum atomic E-state index is -0.190. The van der Waals surface area contributed by atoms with E-state index in [9.17, 15) is 0 Å². The zero-order valence-electron chi connectivity index (χ0n) is 12.0. The van der Waals surface area contributed by atoms with Gasteiger partial charge in [0.2, 0.25) is 0 Å². The van der Waals surface area contributed by atoms with E-state index in [0.29, 0.717) is 11.3 Å². The predicted octanol–water partition coefficient (Wildman–Crippen LogP) is 3.88. The summed E-state index contributed by atoms with van der Waals surface area (Å²) in [6, 6.07) is 6.12. The molecule has 0 aliphatic heterocycles. The Bertz CT molecular complexity index is 672. The minimum Gasteiger partial charge on any atom is -0.482 e. The van der Waals surface area contributed by atoms with Gasteiger partial charge in [0.15, 0.2) is 16.7 Å². The lowest BCUT2D eigenvalue weighted by Gasteiger charge is -2.16. The lowest BCUT2D eigenvalue weighted by Crippen LogP contribution is -2.12. The molecule has 20 heavy (non-hydrogen) atoms. The van der Waals surface area contributed by atoms with Crippen LogP contribution >= 0.6 is 12.2 Å². The van der Waals surface area contributed by atoms with Crippen molar-refractivity contribution in [3.8, 4) is 5.75 Å². The molecule has 1 aromatic carbocycles. The second-order valence-electron chi connectivity index (χ2n) is 4.82. The third kappa shape index (κ3) is 2.99. The third-order valence-electron chi connectivity index (χ3n) is 3.10. The quantitative estimate of drug-likeness (QED) is 0.671. The number of H-pyrrole nitrogens is 1. The van der Waals surface area contributed by atoms with Gasteiger partial charge in [-0.3, -0.25) is 9.67 Å². The van der Waals surface area contributed by atoms with Gasteiger partial charge in [-0.05, 0) is 44.6 Å². The fourth-order valence-corrected chi connectivity index (χ4v) is 2.33. The van der Waals surface area contributed by atoms with E-state index in [1.54, 1.807) is 6.08 Å². The molecule has 0 aliphatic carbocycles. The van der Waals surface area contributed by atoms with Crippen LogP contribution in [0.4, 0.5) is 0 Å². The van der Waals surface area contributed by atoms with Crippen LogP contribution < -0.4 is 4.74 Å². The van der Waals surface area contributed by atoms with Gasteiger partial charge in [0.1, 0.15) is 5.75 Å². The smallest absolute Gasteiger partial charge is 0.195 e. The molecule has 2 rings (SSSR count). The van der Waals surface area contributed by atoms with Crippen molar-refractivity contribution in [2.24, 2.45) is 0 Å². The highest BCUT2D eigenvalue weighted by Gasteiger charge is 2.16. The van der Waals surface area contributed by atoms with Crippen molar-refractivity contribution in [3.05, 3.63) is 52.6 Å². The van der Waals surface area contributed by atoms with Gasteiger partial charge in [-0.25, -0.2) is 0 Å². The van der Waals surface area contributed by atoms with E-state index in [1.807, 2.05) is 30.5 Å². The van der Waals surface area contributed by atoms with Gasteiger partial charge >= 0.3 is 0 Å². The van der Waals surface area contributed by atoms with Crippen LogP contribution in [-0.2, 0) is 6.54 Å². The Labute approximate surface area is 124 Å². The summed E-state index contributed by atoms with van der Waals surface area (Å²) >= 11 is 5.21.